The maximum Gasteiger partial charge on any atom is 0.271 e. The summed E-state index contributed by atoms with van der Waals surface area (Å²) in [7, 11) is -3.62. The lowest BCUT2D eigenvalue weighted by Crippen LogP contribution is -2.13. The summed E-state index contributed by atoms with van der Waals surface area (Å²) in [5, 5.41) is 8.97. The second kappa shape index (κ2) is 5.28. The highest BCUT2D eigenvalue weighted by Crippen LogP contribution is 2.25. The van der Waals surface area contributed by atoms with E-state index in [4.69, 9.17) is 5.11 Å². The molecule has 0 spiro atoms. The summed E-state index contributed by atoms with van der Waals surface area (Å²) in [6.45, 7) is 3.43. The number of aromatic nitrogens is 1. The topological polar surface area (TPSA) is 79.3 Å². The standard InChI is InChI=1S/C12H14N2O3S2/c1-8-3-5-11(9(2)13-8)14-19(16,17)12-6-4-10(7-15)18-12/h3-6,14-15H,7H2,1-2H3. The Morgan fingerprint density at radius 2 is 2.00 bits per heavy atom. The zero-order chi connectivity index (χ0) is 14.0. The summed E-state index contributed by atoms with van der Waals surface area (Å²) in [5.74, 6) is 0. The molecular formula is C12H14N2O3S2. The Morgan fingerprint density at radius 1 is 1.26 bits per heavy atom. The molecule has 0 saturated carbocycles. The van der Waals surface area contributed by atoms with Crippen LogP contribution < -0.4 is 4.72 Å². The summed E-state index contributed by atoms with van der Waals surface area (Å²) >= 11 is 1.05. The molecule has 2 N–H and O–H groups in total. The molecule has 0 bridgehead atoms. The molecule has 0 atom stereocenters. The molecular weight excluding hydrogens is 284 g/mol. The van der Waals surface area contributed by atoms with Gasteiger partial charge in [-0.2, -0.15) is 0 Å². The van der Waals surface area contributed by atoms with Crippen LogP contribution >= 0.6 is 11.3 Å². The molecule has 5 nitrogen and oxygen atoms in total. The van der Waals surface area contributed by atoms with Crippen LogP contribution in [0, 0.1) is 13.8 Å². The van der Waals surface area contributed by atoms with Crippen LogP contribution in [0.5, 0.6) is 0 Å². The molecule has 0 aromatic carbocycles. The van der Waals surface area contributed by atoms with Crippen molar-refractivity contribution >= 4 is 27.0 Å². The van der Waals surface area contributed by atoms with Crippen molar-refractivity contribution in [2.24, 2.45) is 0 Å². The highest BCUT2D eigenvalue weighted by molar-refractivity contribution is 7.94. The number of nitrogens with one attached hydrogen (secondary N) is 1. The minimum atomic E-state index is -3.62. The van der Waals surface area contributed by atoms with E-state index in [0.717, 1.165) is 17.0 Å². The number of thiophene rings is 1. The average Bonchev–Trinajstić information content (AvgIpc) is 2.82. The van der Waals surface area contributed by atoms with Crippen molar-refractivity contribution in [3.05, 3.63) is 40.5 Å². The van der Waals surface area contributed by atoms with Gasteiger partial charge in [0.05, 0.1) is 18.0 Å². The van der Waals surface area contributed by atoms with Crippen LogP contribution in [0.2, 0.25) is 0 Å². The average molecular weight is 298 g/mol. The molecule has 19 heavy (non-hydrogen) atoms. The van der Waals surface area contributed by atoms with Crippen molar-refractivity contribution in [1.82, 2.24) is 4.98 Å². The lowest BCUT2D eigenvalue weighted by Gasteiger charge is -2.09. The van der Waals surface area contributed by atoms with Crippen LogP contribution in [-0.4, -0.2) is 18.5 Å². The molecule has 0 radical (unpaired) electrons. The van der Waals surface area contributed by atoms with Gasteiger partial charge in [-0.25, -0.2) is 8.42 Å². The van der Waals surface area contributed by atoms with Crippen molar-refractivity contribution in [2.75, 3.05) is 4.72 Å². The van der Waals surface area contributed by atoms with Gasteiger partial charge in [0.1, 0.15) is 4.21 Å². The van der Waals surface area contributed by atoms with Crippen molar-refractivity contribution in [3.8, 4) is 0 Å². The van der Waals surface area contributed by atoms with E-state index in [1.165, 1.54) is 6.07 Å². The Hall–Kier alpha value is -1.44. The van der Waals surface area contributed by atoms with Crippen LogP contribution in [0.15, 0.2) is 28.5 Å². The van der Waals surface area contributed by atoms with E-state index in [2.05, 4.69) is 9.71 Å². The molecule has 0 aliphatic rings. The van der Waals surface area contributed by atoms with Gasteiger partial charge in [-0.05, 0) is 38.1 Å². The fourth-order valence-electron chi connectivity index (χ4n) is 1.58. The number of hydrogen-bond acceptors (Lipinski definition) is 5. The molecule has 0 fully saturated rings. The van der Waals surface area contributed by atoms with Crippen molar-refractivity contribution in [1.29, 1.82) is 0 Å². The van der Waals surface area contributed by atoms with Crippen molar-refractivity contribution in [2.45, 2.75) is 24.7 Å². The van der Waals surface area contributed by atoms with Gasteiger partial charge in [0, 0.05) is 10.6 Å². The first kappa shape index (κ1) is 14.0. The fourth-order valence-corrected chi connectivity index (χ4v) is 3.91. The Labute approximate surface area is 116 Å². The third-order valence-corrected chi connectivity index (χ3v) is 5.45. The lowest BCUT2D eigenvalue weighted by atomic mass is 10.3. The van der Waals surface area contributed by atoms with E-state index in [1.807, 2.05) is 6.92 Å². The van der Waals surface area contributed by atoms with Crippen LogP contribution in [0.25, 0.3) is 0 Å². The molecule has 102 valence electrons. The molecule has 2 heterocycles. The number of anilines is 1. The predicted octanol–water partition coefficient (Wildman–Crippen LogP) is 2.05. The molecule has 2 aromatic rings. The Bertz CT molecular complexity index is 693. The molecule has 0 aliphatic carbocycles. The summed E-state index contributed by atoms with van der Waals surface area (Å²) in [4.78, 5) is 4.82. The zero-order valence-corrected chi connectivity index (χ0v) is 12.2. The highest BCUT2D eigenvalue weighted by atomic mass is 32.2. The largest absolute Gasteiger partial charge is 0.391 e. The number of sulfonamides is 1. The zero-order valence-electron chi connectivity index (χ0n) is 10.5. The van der Waals surface area contributed by atoms with Crippen LogP contribution in [0.1, 0.15) is 16.3 Å². The molecule has 7 heteroatoms. The number of pyridine rings is 1. The summed E-state index contributed by atoms with van der Waals surface area (Å²) in [6, 6.07) is 6.52. The number of aliphatic hydroxyl groups is 1. The van der Waals surface area contributed by atoms with Gasteiger partial charge in [0.2, 0.25) is 0 Å². The van der Waals surface area contributed by atoms with Gasteiger partial charge in [0.15, 0.2) is 0 Å². The third kappa shape index (κ3) is 3.12. The molecule has 2 aromatic heterocycles. The van der Waals surface area contributed by atoms with E-state index in [-0.39, 0.29) is 10.8 Å². The Morgan fingerprint density at radius 3 is 2.58 bits per heavy atom. The second-order valence-electron chi connectivity index (χ2n) is 4.07. The van der Waals surface area contributed by atoms with Gasteiger partial charge >= 0.3 is 0 Å². The first-order chi connectivity index (χ1) is 8.92. The van der Waals surface area contributed by atoms with Crippen molar-refractivity contribution in [3.63, 3.8) is 0 Å². The monoisotopic (exact) mass is 298 g/mol. The third-order valence-electron chi connectivity index (χ3n) is 2.53. The summed E-state index contributed by atoms with van der Waals surface area (Å²) in [6.07, 6.45) is 0. The molecule has 0 amide bonds. The first-order valence-electron chi connectivity index (χ1n) is 5.59. The number of aliphatic hydroxyl groups excluding tert-OH is 1. The van der Waals surface area contributed by atoms with Gasteiger partial charge in [-0.15, -0.1) is 11.3 Å². The maximum absolute atomic E-state index is 12.2. The fraction of sp³-hybridized carbons (Fsp3) is 0.250. The van der Waals surface area contributed by atoms with Gasteiger partial charge in [0.25, 0.3) is 10.0 Å². The lowest BCUT2D eigenvalue weighted by molar-refractivity contribution is 0.285. The van der Waals surface area contributed by atoms with Crippen molar-refractivity contribution < 1.29 is 13.5 Å². The Kier molecular flexibility index (Phi) is 3.88. The molecule has 0 saturated heterocycles. The Balaban J connectivity index is 2.30. The highest BCUT2D eigenvalue weighted by Gasteiger charge is 2.18. The van der Waals surface area contributed by atoms with Gasteiger partial charge in [-0.1, -0.05) is 0 Å². The van der Waals surface area contributed by atoms with Gasteiger partial charge < -0.3 is 5.11 Å². The van der Waals surface area contributed by atoms with E-state index >= 15 is 0 Å². The molecule has 0 unspecified atom stereocenters. The van der Waals surface area contributed by atoms with E-state index in [0.29, 0.717) is 16.3 Å². The normalized spacial score (nSPS) is 11.5. The van der Waals surface area contributed by atoms with Crippen LogP contribution in [0.3, 0.4) is 0 Å². The quantitative estimate of drug-likeness (QED) is 0.905. The number of aryl methyl sites for hydroxylation is 2. The van der Waals surface area contributed by atoms with E-state index < -0.39 is 10.0 Å². The number of rotatable bonds is 4. The van der Waals surface area contributed by atoms with Crippen LogP contribution in [-0.2, 0) is 16.6 Å². The maximum atomic E-state index is 12.2. The minimum absolute atomic E-state index is 0.161. The summed E-state index contributed by atoms with van der Waals surface area (Å²) < 4.78 is 27.0. The molecule has 0 aliphatic heterocycles. The summed E-state index contributed by atoms with van der Waals surface area (Å²) in [5.41, 5.74) is 1.92. The minimum Gasteiger partial charge on any atom is -0.391 e. The van der Waals surface area contributed by atoms with Gasteiger partial charge in [-0.3, -0.25) is 9.71 Å². The van der Waals surface area contributed by atoms with Crippen LogP contribution in [0.4, 0.5) is 5.69 Å². The smallest absolute Gasteiger partial charge is 0.271 e. The molecule has 2 rings (SSSR count). The second-order valence-corrected chi connectivity index (χ2v) is 7.15. The van der Waals surface area contributed by atoms with E-state index in [9.17, 15) is 8.42 Å². The van der Waals surface area contributed by atoms with E-state index in [1.54, 1.807) is 25.1 Å². The predicted molar refractivity (Wildman–Crippen MR) is 74.8 cm³/mol. The number of hydrogen-bond donors (Lipinski definition) is 2. The number of nitrogens with zero attached hydrogens (tertiary/aromatic N) is 1. The SMILES string of the molecule is Cc1ccc(NS(=O)(=O)c2ccc(CO)s2)c(C)n1. The first-order valence-corrected chi connectivity index (χ1v) is 7.89.